The molecule has 770 valence electrons. The Morgan fingerprint density at radius 3 is 0.592 bits per heavy atom. The third-order valence-corrected chi connectivity index (χ3v) is 38.9. The molecule has 8 aromatic carbocycles. The van der Waals surface area contributed by atoms with Gasteiger partial charge >= 0.3 is 0 Å². The molecule has 6 aliphatic rings. The number of nitrogens with zero attached hydrogens (tertiary/aromatic N) is 6. The maximum Gasteiger partial charge on any atom is 0.297 e. The van der Waals surface area contributed by atoms with E-state index in [0.717, 1.165) is 92.0 Å². The molecule has 6 saturated heterocycles. The van der Waals surface area contributed by atoms with Gasteiger partial charge in [-0.15, -0.1) is 0 Å². The van der Waals surface area contributed by atoms with Gasteiger partial charge in [-0.05, 0) is 344 Å². The molecular formula is C101H132N12O18S11. The molecule has 0 aliphatic carbocycles. The SMILES string of the molecule is Cc1ccc(/C=C/c2ccc(C)cc2S(=O)(=O)N2CCCC2)c(S(=O)(=O)N2CCCC2)c1.Cc1ccc(/C=C/c2ccc(NC(=S)NC(C)C)cc2S(=O)(=O)N2CCC2)c(S(=O)(=O)N2CCC2)c1.Cc1ccc(/C=C/c2ccc(NC(=S)NC(C)C)cc2S(=O)(=O)N2CCCC2)c(S(=O)(=O)N2CCCC2)c1.Cc1ccc(/C=C/c2ccc(NC(=S)NC(C)C)cc2S(=O)(=O)OC(C)C)c(S(=O)(=O)OC(C)C)c1. The second kappa shape index (κ2) is 49.1. The van der Waals surface area contributed by atoms with E-state index in [2.05, 4.69) is 31.9 Å². The molecule has 0 radical (unpaired) electrons. The number of thiocarbonyl (C=S) groups is 3. The average molecular weight is 2150 g/mol. The van der Waals surface area contributed by atoms with Gasteiger partial charge in [0.15, 0.2) is 15.3 Å². The molecule has 0 atom stereocenters. The minimum atomic E-state index is -4.13. The van der Waals surface area contributed by atoms with Gasteiger partial charge in [-0.3, -0.25) is 8.37 Å². The lowest BCUT2D eigenvalue weighted by atomic mass is 10.1. The summed E-state index contributed by atoms with van der Waals surface area (Å²) in [6, 6.07) is 41.5. The molecule has 0 unspecified atom stereocenters. The molecule has 30 nitrogen and oxygen atoms in total. The Morgan fingerprint density at radius 1 is 0.246 bits per heavy atom. The van der Waals surface area contributed by atoms with Crippen LogP contribution >= 0.6 is 36.7 Å². The third kappa shape index (κ3) is 29.7. The maximum atomic E-state index is 13.6. The van der Waals surface area contributed by atoms with Gasteiger partial charge in [0.2, 0.25) is 60.1 Å². The van der Waals surface area contributed by atoms with E-state index in [9.17, 15) is 67.3 Å². The standard InChI is InChI=1S/C27H36N4O4S3.C25H32N4O4S3.C25H34N2O6S3.C24H30N2O4S2/c1-20(2)28-27(36)29-24-13-12-23(26(19-24)38(34,35)31-16-6-7-17-31)11-10-22-9-8-21(3)18-25(22)37(32,33)30-14-4-5-15-30;1-18(2)26-25(34)27-22-11-10-21(24(17-22)36(32,33)29-14-5-15-29)9-8-20-7-6-19(3)16-23(20)35(30,31)28-12-4-13-28;1-16(2)26-25(34)27-22-13-12-21(24(15-22)36(30,31)33-18(5)6)11-10-20-9-8-19(7)14-23(20)35(28,29)32-17(3)4;1-19-7-9-21(23(17-19)31(27,28)25-13-3-4-14-25)11-12-22-10-8-20(2)18-24(22)32(29,30)26-15-5-6-16-26/h8-13,18-20H,4-7,14-17H2,1-3H3,(H2,28,29,36);6-11,16-18H,4-5,12-15H2,1-3H3,(H2,26,27,34);8-18H,1-7H3,(H2,26,27,34);7-12,17-18H,3-6,13-16H2,1-2H3/b11-10+;9-8+;11-10+;12-11+. The summed E-state index contributed by atoms with van der Waals surface area (Å²) >= 11 is 15.9. The Balaban J connectivity index is 0.000000181. The van der Waals surface area contributed by atoms with Crippen molar-refractivity contribution in [1.29, 1.82) is 0 Å². The predicted molar refractivity (Wildman–Crippen MR) is 580 cm³/mol. The lowest BCUT2D eigenvalue weighted by Gasteiger charge is -2.30. The van der Waals surface area contributed by atoms with Crippen molar-refractivity contribution in [3.05, 3.63) is 218 Å². The smallest absolute Gasteiger partial charge is 0.297 e. The van der Waals surface area contributed by atoms with E-state index in [1.807, 2.05) is 93.5 Å². The maximum absolute atomic E-state index is 13.6. The number of benzene rings is 8. The van der Waals surface area contributed by atoms with Crippen molar-refractivity contribution in [3.8, 4) is 0 Å². The third-order valence-electron chi connectivity index (χ3n) is 23.5. The van der Waals surface area contributed by atoms with Crippen LogP contribution in [0.15, 0.2) is 185 Å². The molecule has 41 heteroatoms. The zero-order chi connectivity index (χ0) is 104. The summed E-state index contributed by atoms with van der Waals surface area (Å²) in [6.45, 7) is 33.6. The quantitative estimate of drug-likeness (QED) is 0.0130. The molecule has 6 N–H and O–H groups in total. The molecule has 0 bridgehead atoms. The number of anilines is 3. The van der Waals surface area contributed by atoms with Gasteiger partial charge in [0.25, 0.3) is 20.2 Å². The Hall–Kier alpha value is -8.93. The van der Waals surface area contributed by atoms with Crippen LogP contribution in [0, 0.1) is 34.6 Å². The predicted octanol–water partition coefficient (Wildman–Crippen LogP) is 17.2. The summed E-state index contributed by atoms with van der Waals surface area (Å²) in [4.78, 5) is 1.23. The van der Waals surface area contributed by atoms with E-state index in [0.29, 0.717) is 155 Å². The number of nitrogens with one attached hydrogen (secondary N) is 6. The van der Waals surface area contributed by atoms with Crippen LogP contribution in [0.1, 0.15) is 206 Å². The number of aryl methyl sites for hydroxylation is 5. The van der Waals surface area contributed by atoms with Gasteiger partial charge in [0, 0.05) is 114 Å². The largest absolute Gasteiger partial charge is 0.360 e. The molecule has 0 amide bonds. The van der Waals surface area contributed by atoms with Crippen LogP contribution in [-0.4, -0.2) is 217 Å². The van der Waals surface area contributed by atoms with Crippen molar-refractivity contribution in [2.75, 3.05) is 94.5 Å². The average Bonchev–Trinajstić information content (AvgIpc) is 0.985. The summed E-state index contributed by atoms with van der Waals surface area (Å²) in [5.74, 6) is 0. The lowest BCUT2D eigenvalue weighted by molar-refractivity contribution is 0.248. The summed E-state index contributed by atoms with van der Waals surface area (Å²) in [5, 5.41) is 19.5. The lowest BCUT2D eigenvalue weighted by Crippen LogP contribution is -2.42. The second-order valence-electron chi connectivity index (χ2n) is 37.2. The van der Waals surface area contributed by atoms with Crippen molar-refractivity contribution in [3.63, 3.8) is 0 Å². The monoisotopic (exact) mass is 2150 g/mol. The van der Waals surface area contributed by atoms with Gasteiger partial charge in [-0.1, -0.05) is 127 Å². The van der Waals surface area contributed by atoms with Crippen LogP contribution in [0.3, 0.4) is 0 Å². The molecule has 0 spiro atoms. The van der Waals surface area contributed by atoms with Gasteiger partial charge in [0.05, 0.1) is 41.6 Å². The Kier molecular flexibility index (Phi) is 39.2. The Morgan fingerprint density at radius 2 is 0.408 bits per heavy atom. The minimum absolute atomic E-state index is 0.00122. The highest BCUT2D eigenvalue weighted by Crippen LogP contribution is 2.38. The van der Waals surface area contributed by atoms with Crippen LogP contribution in [0.4, 0.5) is 17.1 Å². The molecular weight excluding hydrogens is 2020 g/mol. The summed E-state index contributed by atoms with van der Waals surface area (Å²) < 4.78 is 231. The van der Waals surface area contributed by atoms with Gasteiger partial charge in [-0.2, -0.15) is 42.7 Å². The second-order valence-corrected chi connectivity index (χ2v) is 53.0. The Labute approximate surface area is 858 Å². The first-order valence-electron chi connectivity index (χ1n) is 47.5. The van der Waals surface area contributed by atoms with E-state index in [-0.39, 0.29) is 57.3 Å². The normalized spacial score (nSPS) is 16.4. The zero-order valence-corrected chi connectivity index (χ0v) is 91.9. The first kappa shape index (κ1) is 113. The van der Waals surface area contributed by atoms with Crippen LogP contribution in [0.2, 0.25) is 0 Å². The highest BCUT2D eigenvalue weighted by Gasteiger charge is 2.38. The van der Waals surface area contributed by atoms with E-state index in [4.69, 9.17) is 45.0 Å². The number of hydrogen-bond donors (Lipinski definition) is 6. The minimum Gasteiger partial charge on any atom is -0.360 e. The van der Waals surface area contributed by atoms with E-state index < -0.39 is 92.6 Å². The first-order chi connectivity index (χ1) is 66.8. The molecule has 0 saturated carbocycles. The highest BCUT2D eigenvalue weighted by atomic mass is 32.2. The topological polar surface area (TPSA) is 383 Å². The molecule has 6 fully saturated rings. The summed E-state index contributed by atoms with van der Waals surface area (Å²) in [6.07, 6.45) is 20.6. The van der Waals surface area contributed by atoms with Crippen molar-refractivity contribution in [2.24, 2.45) is 0 Å². The number of hydrogen-bond acceptors (Lipinski definition) is 21. The van der Waals surface area contributed by atoms with Crippen molar-refractivity contribution >= 4 is 198 Å². The first-order valence-corrected chi connectivity index (χ1v) is 60.2. The van der Waals surface area contributed by atoms with E-state index in [1.54, 1.807) is 180 Å². The van der Waals surface area contributed by atoms with Gasteiger partial charge in [0.1, 0.15) is 9.79 Å². The van der Waals surface area contributed by atoms with Crippen molar-refractivity contribution in [1.82, 2.24) is 41.8 Å². The molecule has 8 aromatic rings. The molecule has 6 aliphatic heterocycles. The van der Waals surface area contributed by atoms with Crippen molar-refractivity contribution in [2.45, 2.75) is 238 Å². The molecule has 0 aromatic heterocycles. The van der Waals surface area contributed by atoms with Gasteiger partial charge < -0.3 is 31.9 Å². The fourth-order valence-electron chi connectivity index (χ4n) is 16.1. The zero-order valence-electron chi connectivity index (χ0n) is 82.9. The summed E-state index contributed by atoms with van der Waals surface area (Å²) in [7, 11) is -30.1. The van der Waals surface area contributed by atoms with Crippen LogP contribution < -0.4 is 31.9 Å². The van der Waals surface area contributed by atoms with E-state index >= 15 is 0 Å². The van der Waals surface area contributed by atoms with E-state index in [1.165, 1.54) is 50.1 Å². The summed E-state index contributed by atoms with van der Waals surface area (Å²) in [5.41, 5.74) is 9.54. The number of sulfonamides is 6. The van der Waals surface area contributed by atoms with Crippen LogP contribution in [0.5, 0.6) is 0 Å². The molecule has 142 heavy (non-hydrogen) atoms. The van der Waals surface area contributed by atoms with Crippen LogP contribution in [0.25, 0.3) is 48.6 Å². The molecule has 6 heterocycles. The number of rotatable bonds is 32. The Bertz CT molecular complexity index is 6970. The molecule has 14 rings (SSSR count). The fraction of sp³-hybridized carbons (Fsp3) is 0.416. The highest BCUT2D eigenvalue weighted by molar-refractivity contribution is 7.91. The van der Waals surface area contributed by atoms with Crippen LogP contribution in [-0.2, 0) is 88.7 Å². The van der Waals surface area contributed by atoms with Gasteiger partial charge in [-0.25, -0.2) is 50.5 Å². The van der Waals surface area contributed by atoms with Crippen molar-refractivity contribution < 1.29 is 75.7 Å². The fourth-order valence-corrected chi connectivity index (χ4v) is 30.5.